The van der Waals surface area contributed by atoms with Gasteiger partial charge >= 0.3 is 0 Å². The van der Waals surface area contributed by atoms with E-state index < -0.39 is 0 Å². The minimum atomic E-state index is 0.276. The molecule has 0 bridgehead atoms. The highest BCUT2D eigenvalue weighted by molar-refractivity contribution is 6.36. The molecule has 0 amide bonds. The van der Waals surface area contributed by atoms with Gasteiger partial charge in [-0.15, -0.1) is 0 Å². The summed E-state index contributed by atoms with van der Waals surface area (Å²) in [4.78, 5) is 8.45. The number of hydrazine groups is 1. The van der Waals surface area contributed by atoms with Gasteiger partial charge in [0.1, 0.15) is 18.2 Å². The zero-order valence-corrected chi connectivity index (χ0v) is 12.2. The van der Waals surface area contributed by atoms with Crippen molar-refractivity contribution in [2.45, 2.75) is 6.61 Å². The van der Waals surface area contributed by atoms with Crippen LogP contribution in [0.2, 0.25) is 10.0 Å². The molecular formula is C12H13Cl2N5O. The molecule has 6 nitrogen and oxygen atoms in total. The third-order valence-electron chi connectivity index (χ3n) is 2.39. The van der Waals surface area contributed by atoms with Crippen LogP contribution in [0.3, 0.4) is 0 Å². The van der Waals surface area contributed by atoms with E-state index in [1.165, 1.54) is 0 Å². The van der Waals surface area contributed by atoms with Crippen LogP contribution in [0, 0.1) is 0 Å². The van der Waals surface area contributed by atoms with E-state index in [0.717, 1.165) is 0 Å². The molecule has 0 aliphatic rings. The van der Waals surface area contributed by atoms with Crippen LogP contribution >= 0.6 is 23.2 Å². The smallest absolute Gasteiger partial charge is 0.158 e. The third-order valence-corrected chi connectivity index (χ3v) is 2.94. The van der Waals surface area contributed by atoms with Gasteiger partial charge < -0.3 is 15.5 Å². The van der Waals surface area contributed by atoms with Crippen molar-refractivity contribution in [3.05, 3.63) is 40.1 Å². The van der Waals surface area contributed by atoms with Crippen LogP contribution in [0.25, 0.3) is 0 Å². The van der Waals surface area contributed by atoms with E-state index in [0.29, 0.717) is 33.2 Å². The van der Waals surface area contributed by atoms with Crippen LogP contribution in [-0.4, -0.2) is 17.1 Å². The van der Waals surface area contributed by atoms with E-state index in [1.807, 2.05) is 0 Å². The van der Waals surface area contributed by atoms with E-state index in [9.17, 15) is 0 Å². The normalized spacial score (nSPS) is 10.4. The molecule has 1 heterocycles. The molecule has 0 spiro atoms. The Morgan fingerprint density at radius 1 is 1.20 bits per heavy atom. The van der Waals surface area contributed by atoms with E-state index in [-0.39, 0.29) is 6.61 Å². The van der Waals surface area contributed by atoms with Crippen molar-refractivity contribution >= 4 is 40.5 Å². The maximum atomic E-state index is 6.10. The number of methoxy groups -OCH3 is 1. The summed E-state index contributed by atoms with van der Waals surface area (Å²) in [6.07, 6.45) is 0. The first kappa shape index (κ1) is 14.8. The number of nitrogen functional groups attached to an aromatic ring is 1. The molecule has 20 heavy (non-hydrogen) atoms. The van der Waals surface area contributed by atoms with Gasteiger partial charge in [0.05, 0.1) is 10.7 Å². The lowest BCUT2D eigenvalue weighted by molar-refractivity contribution is 0.178. The first-order chi connectivity index (χ1) is 9.62. The molecule has 0 radical (unpaired) electrons. The van der Waals surface area contributed by atoms with Crippen LogP contribution in [-0.2, 0) is 11.3 Å². The summed E-state index contributed by atoms with van der Waals surface area (Å²) < 4.78 is 5.01. The second-order valence-electron chi connectivity index (χ2n) is 3.88. The average molecular weight is 314 g/mol. The molecule has 2 aromatic rings. The topological polar surface area (TPSA) is 85.1 Å². The molecule has 0 atom stereocenters. The number of aromatic nitrogens is 2. The van der Waals surface area contributed by atoms with Gasteiger partial charge in [0.15, 0.2) is 5.82 Å². The largest absolute Gasteiger partial charge is 0.377 e. The van der Waals surface area contributed by atoms with Gasteiger partial charge in [-0.3, -0.25) is 0 Å². The van der Waals surface area contributed by atoms with E-state index >= 15 is 0 Å². The van der Waals surface area contributed by atoms with Crippen LogP contribution in [0.4, 0.5) is 17.3 Å². The Balaban J connectivity index is 2.29. The van der Waals surface area contributed by atoms with Gasteiger partial charge in [0.2, 0.25) is 0 Å². The maximum Gasteiger partial charge on any atom is 0.158 e. The summed E-state index contributed by atoms with van der Waals surface area (Å²) in [7, 11) is 1.56. The molecule has 4 N–H and O–H groups in total. The van der Waals surface area contributed by atoms with Gasteiger partial charge in [-0.2, -0.15) is 0 Å². The molecule has 1 aromatic heterocycles. The number of rotatable bonds is 5. The first-order valence-corrected chi connectivity index (χ1v) is 6.43. The Hall–Kier alpha value is -1.60. The number of anilines is 3. The SMILES string of the molecule is COCc1nc(NN)cc(Nc2ccc(Cl)cc2Cl)n1. The minimum Gasteiger partial charge on any atom is -0.377 e. The first-order valence-electron chi connectivity index (χ1n) is 5.68. The van der Waals surface area contributed by atoms with E-state index in [1.54, 1.807) is 31.4 Å². The second-order valence-corrected chi connectivity index (χ2v) is 4.72. The Kier molecular flexibility index (Phi) is 4.97. The summed E-state index contributed by atoms with van der Waals surface area (Å²) in [6, 6.07) is 6.79. The average Bonchev–Trinajstić information content (AvgIpc) is 2.42. The molecule has 0 saturated carbocycles. The van der Waals surface area contributed by atoms with Crippen molar-refractivity contribution in [1.29, 1.82) is 0 Å². The number of nitrogens with one attached hydrogen (secondary N) is 2. The molecule has 0 fully saturated rings. The highest BCUT2D eigenvalue weighted by atomic mass is 35.5. The number of ether oxygens (including phenoxy) is 1. The number of nitrogens with zero attached hydrogens (tertiary/aromatic N) is 2. The van der Waals surface area contributed by atoms with Crippen LogP contribution in [0.15, 0.2) is 24.3 Å². The Morgan fingerprint density at radius 2 is 1.95 bits per heavy atom. The van der Waals surface area contributed by atoms with Gasteiger partial charge in [-0.1, -0.05) is 23.2 Å². The highest BCUT2D eigenvalue weighted by Crippen LogP contribution is 2.28. The number of hydrogen-bond donors (Lipinski definition) is 3. The van der Waals surface area contributed by atoms with Crippen LogP contribution in [0.5, 0.6) is 0 Å². The maximum absolute atomic E-state index is 6.10. The molecule has 1 aromatic carbocycles. The Bertz CT molecular complexity index is 608. The molecule has 0 saturated heterocycles. The predicted octanol–water partition coefficient (Wildman–Crippen LogP) is 2.96. The molecule has 106 valence electrons. The fourth-order valence-corrected chi connectivity index (χ4v) is 2.01. The summed E-state index contributed by atoms with van der Waals surface area (Å²) in [5, 5.41) is 4.14. The Morgan fingerprint density at radius 3 is 2.60 bits per heavy atom. The minimum absolute atomic E-state index is 0.276. The number of halogens is 2. The lowest BCUT2D eigenvalue weighted by atomic mass is 10.3. The fourth-order valence-electron chi connectivity index (χ4n) is 1.56. The van der Waals surface area contributed by atoms with Gasteiger partial charge in [-0.05, 0) is 18.2 Å². The van der Waals surface area contributed by atoms with E-state index in [4.69, 9.17) is 33.8 Å². The fraction of sp³-hybridized carbons (Fsp3) is 0.167. The monoisotopic (exact) mass is 313 g/mol. The van der Waals surface area contributed by atoms with Crippen molar-refractivity contribution in [3.63, 3.8) is 0 Å². The van der Waals surface area contributed by atoms with Crippen molar-refractivity contribution in [2.24, 2.45) is 5.84 Å². The van der Waals surface area contributed by atoms with Gasteiger partial charge in [0.25, 0.3) is 0 Å². The standard InChI is InChI=1S/C12H13Cl2N5O/c1-20-6-12-17-10(5-11(18-12)19-15)16-9-3-2-7(13)4-8(9)14/h2-5H,6,15H2,1H3,(H2,16,17,18,19). The number of nitrogens with two attached hydrogens (primary N) is 1. The summed E-state index contributed by atoms with van der Waals surface area (Å²) in [6.45, 7) is 0.276. The molecule has 8 heteroatoms. The van der Waals surface area contributed by atoms with Crippen molar-refractivity contribution in [1.82, 2.24) is 9.97 Å². The molecule has 0 aliphatic carbocycles. The summed E-state index contributed by atoms with van der Waals surface area (Å²) in [5.74, 6) is 6.89. The molecule has 0 unspecified atom stereocenters. The van der Waals surface area contributed by atoms with Gasteiger partial charge in [0, 0.05) is 18.2 Å². The lowest BCUT2D eigenvalue weighted by Crippen LogP contribution is -2.11. The number of benzene rings is 1. The lowest BCUT2D eigenvalue weighted by Gasteiger charge is -2.10. The van der Waals surface area contributed by atoms with Crippen molar-refractivity contribution in [2.75, 3.05) is 17.9 Å². The van der Waals surface area contributed by atoms with Crippen LogP contribution < -0.4 is 16.6 Å². The predicted molar refractivity (Wildman–Crippen MR) is 80.3 cm³/mol. The molecule has 0 aliphatic heterocycles. The second kappa shape index (κ2) is 6.71. The summed E-state index contributed by atoms with van der Waals surface area (Å²) >= 11 is 12.0. The van der Waals surface area contributed by atoms with Crippen molar-refractivity contribution < 1.29 is 4.74 Å². The van der Waals surface area contributed by atoms with Crippen molar-refractivity contribution in [3.8, 4) is 0 Å². The third kappa shape index (κ3) is 3.71. The number of hydrogen-bond acceptors (Lipinski definition) is 6. The van der Waals surface area contributed by atoms with E-state index in [2.05, 4.69) is 20.7 Å². The Labute approximate surface area is 126 Å². The zero-order valence-electron chi connectivity index (χ0n) is 10.7. The zero-order chi connectivity index (χ0) is 14.5. The van der Waals surface area contributed by atoms with Gasteiger partial charge in [-0.25, -0.2) is 15.8 Å². The highest BCUT2D eigenvalue weighted by Gasteiger charge is 2.07. The quantitative estimate of drug-likeness (QED) is 0.581. The molecular weight excluding hydrogens is 301 g/mol. The molecule has 2 rings (SSSR count). The summed E-state index contributed by atoms with van der Waals surface area (Å²) in [5.41, 5.74) is 3.16. The van der Waals surface area contributed by atoms with Crippen LogP contribution in [0.1, 0.15) is 5.82 Å².